The summed E-state index contributed by atoms with van der Waals surface area (Å²) in [4.78, 5) is 14.0. The van der Waals surface area contributed by atoms with E-state index in [9.17, 15) is 13.6 Å². The molecule has 1 fully saturated rings. The first kappa shape index (κ1) is 18.5. The molecule has 1 aliphatic rings. The van der Waals surface area contributed by atoms with E-state index in [0.29, 0.717) is 37.2 Å². The van der Waals surface area contributed by atoms with Gasteiger partial charge < -0.3 is 15.0 Å². The van der Waals surface area contributed by atoms with Crippen LogP contribution in [0.4, 0.5) is 13.6 Å². The number of nitrogens with zero attached hydrogens (tertiary/aromatic N) is 1. The molecule has 0 atom stereocenters. The molecule has 1 aliphatic heterocycles. The maximum Gasteiger partial charge on any atom is 0.317 e. The standard InChI is InChI=1S/C19H19ClF2N2O2/c20-18-11-15(22)2-1-13(18)12-23-19(25)24-9-7-17(8-10-24)26-16-5-3-14(21)4-6-16/h1-6,11,17H,7-10,12H2,(H,23,25). The lowest BCUT2D eigenvalue weighted by Gasteiger charge is -2.32. The van der Waals surface area contributed by atoms with Crippen LogP contribution in [-0.2, 0) is 6.54 Å². The molecular formula is C19H19ClF2N2O2. The van der Waals surface area contributed by atoms with E-state index in [-0.39, 0.29) is 29.5 Å². The van der Waals surface area contributed by atoms with Gasteiger partial charge in [-0.25, -0.2) is 13.6 Å². The highest BCUT2D eigenvalue weighted by Gasteiger charge is 2.24. The van der Waals surface area contributed by atoms with Gasteiger partial charge in [0.2, 0.25) is 0 Å². The normalized spacial score (nSPS) is 15.0. The summed E-state index contributed by atoms with van der Waals surface area (Å²) >= 11 is 5.96. The minimum absolute atomic E-state index is 0.00365. The van der Waals surface area contributed by atoms with Gasteiger partial charge in [0.05, 0.1) is 0 Å². The maximum atomic E-state index is 13.0. The van der Waals surface area contributed by atoms with Crippen LogP contribution in [0.3, 0.4) is 0 Å². The van der Waals surface area contributed by atoms with E-state index >= 15 is 0 Å². The lowest BCUT2D eigenvalue weighted by molar-refractivity contribution is 0.111. The predicted octanol–water partition coefficient (Wildman–Crippen LogP) is 4.37. The Labute approximate surface area is 155 Å². The van der Waals surface area contributed by atoms with Crippen molar-refractivity contribution in [3.8, 4) is 5.75 Å². The number of likely N-dealkylation sites (tertiary alicyclic amines) is 1. The zero-order chi connectivity index (χ0) is 18.5. The fourth-order valence-electron chi connectivity index (χ4n) is 2.83. The number of piperidine rings is 1. The Balaban J connectivity index is 1.45. The second kappa shape index (κ2) is 8.36. The number of carbonyl (C=O) groups is 1. The number of hydrogen-bond donors (Lipinski definition) is 1. The third-order valence-corrected chi connectivity index (χ3v) is 4.64. The molecule has 0 aromatic heterocycles. The van der Waals surface area contributed by atoms with Crippen molar-refractivity contribution < 1.29 is 18.3 Å². The van der Waals surface area contributed by atoms with Gasteiger partial charge in [0.1, 0.15) is 23.5 Å². The lowest BCUT2D eigenvalue weighted by atomic mass is 10.1. The highest BCUT2D eigenvalue weighted by Crippen LogP contribution is 2.20. The first-order chi connectivity index (χ1) is 12.5. The number of ether oxygens (including phenoxy) is 1. The maximum absolute atomic E-state index is 13.0. The number of nitrogens with one attached hydrogen (secondary N) is 1. The second-order valence-corrected chi connectivity index (χ2v) is 6.56. The zero-order valence-corrected chi connectivity index (χ0v) is 14.8. The van der Waals surface area contributed by atoms with E-state index in [4.69, 9.17) is 16.3 Å². The van der Waals surface area contributed by atoms with Crippen molar-refractivity contribution in [3.63, 3.8) is 0 Å². The van der Waals surface area contributed by atoms with Gasteiger partial charge in [-0.1, -0.05) is 17.7 Å². The Kier molecular flexibility index (Phi) is 5.93. The summed E-state index contributed by atoms with van der Waals surface area (Å²) in [6.45, 7) is 1.37. The van der Waals surface area contributed by atoms with Crippen LogP contribution in [0.2, 0.25) is 5.02 Å². The number of hydrogen-bond acceptors (Lipinski definition) is 2. The van der Waals surface area contributed by atoms with Gasteiger partial charge in [-0.3, -0.25) is 0 Å². The molecule has 1 N–H and O–H groups in total. The summed E-state index contributed by atoms with van der Waals surface area (Å²) in [5.74, 6) is -0.0846. The van der Waals surface area contributed by atoms with Gasteiger partial charge in [0, 0.05) is 37.5 Å². The number of carbonyl (C=O) groups excluding carboxylic acids is 1. The van der Waals surface area contributed by atoms with Crippen LogP contribution in [-0.4, -0.2) is 30.1 Å². The fourth-order valence-corrected chi connectivity index (χ4v) is 3.06. The van der Waals surface area contributed by atoms with Crippen LogP contribution in [0.25, 0.3) is 0 Å². The van der Waals surface area contributed by atoms with Crippen molar-refractivity contribution in [1.82, 2.24) is 10.2 Å². The molecule has 2 amide bonds. The predicted molar refractivity (Wildman–Crippen MR) is 95.3 cm³/mol. The molecule has 4 nitrogen and oxygen atoms in total. The first-order valence-corrected chi connectivity index (χ1v) is 8.78. The molecule has 0 unspecified atom stereocenters. The summed E-state index contributed by atoms with van der Waals surface area (Å²) in [6, 6.07) is 9.82. The average molecular weight is 381 g/mol. The lowest BCUT2D eigenvalue weighted by Crippen LogP contribution is -2.46. The van der Waals surface area contributed by atoms with Crippen LogP contribution >= 0.6 is 11.6 Å². The van der Waals surface area contributed by atoms with E-state index in [0.717, 1.165) is 0 Å². The Morgan fingerprint density at radius 3 is 2.42 bits per heavy atom. The Morgan fingerprint density at radius 1 is 1.12 bits per heavy atom. The summed E-state index contributed by atoms with van der Waals surface area (Å²) in [6.07, 6.45) is 1.39. The van der Waals surface area contributed by atoms with Crippen molar-refractivity contribution in [1.29, 1.82) is 0 Å². The monoisotopic (exact) mass is 380 g/mol. The molecule has 0 radical (unpaired) electrons. The van der Waals surface area contributed by atoms with E-state index in [1.54, 1.807) is 23.1 Å². The summed E-state index contributed by atoms with van der Waals surface area (Å²) in [5, 5.41) is 3.09. The molecule has 1 heterocycles. The van der Waals surface area contributed by atoms with Gasteiger partial charge in [0.25, 0.3) is 0 Å². The van der Waals surface area contributed by atoms with Gasteiger partial charge in [0.15, 0.2) is 0 Å². The van der Waals surface area contributed by atoms with Crippen molar-refractivity contribution in [2.75, 3.05) is 13.1 Å². The largest absolute Gasteiger partial charge is 0.490 e. The quantitative estimate of drug-likeness (QED) is 0.855. The van der Waals surface area contributed by atoms with E-state index in [2.05, 4.69) is 5.32 Å². The van der Waals surface area contributed by atoms with Crippen molar-refractivity contribution in [2.24, 2.45) is 0 Å². The molecule has 2 aromatic rings. The van der Waals surface area contributed by atoms with Crippen molar-refractivity contribution >= 4 is 17.6 Å². The van der Waals surface area contributed by atoms with Crippen LogP contribution in [0, 0.1) is 11.6 Å². The zero-order valence-electron chi connectivity index (χ0n) is 14.1. The smallest absolute Gasteiger partial charge is 0.317 e. The third-order valence-electron chi connectivity index (χ3n) is 4.29. The highest BCUT2D eigenvalue weighted by atomic mass is 35.5. The summed E-state index contributed by atoms with van der Waals surface area (Å²) in [7, 11) is 0. The van der Waals surface area contributed by atoms with Gasteiger partial charge in [-0.05, 0) is 42.0 Å². The van der Waals surface area contributed by atoms with Gasteiger partial charge >= 0.3 is 6.03 Å². The highest BCUT2D eigenvalue weighted by molar-refractivity contribution is 6.31. The molecule has 0 saturated carbocycles. The summed E-state index contributed by atoms with van der Waals surface area (Å²) < 4.78 is 31.8. The molecule has 1 saturated heterocycles. The Morgan fingerprint density at radius 2 is 1.77 bits per heavy atom. The molecule has 0 aliphatic carbocycles. The molecule has 138 valence electrons. The van der Waals surface area contributed by atoms with Crippen LogP contribution in [0.1, 0.15) is 18.4 Å². The van der Waals surface area contributed by atoms with E-state index in [1.165, 1.54) is 24.3 Å². The number of urea groups is 1. The SMILES string of the molecule is O=C(NCc1ccc(F)cc1Cl)N1CCC(Oc2ccc(F)cc2)CC1. The molecule has 7 heteroatoms. The fraction of sp³-hybridized carbons (Fsp3) is 0.316. The number of benzene rings is 2. The molecule has 0 bridgehead atoms. The topological polar surface area (TPSA) is 41.6 Å². The number of amides is 2. The second-order valence-electron chi connectivity index (χ2n) is 6.15. The van der Waals surface area contributed by atoms with Crippen LogP contribution in [0.5, 0.6) is 5.75 Å². The van der Waals surface area contributed by atoms with Crippen molar-refractivity contribution in [2.45, 2.75) is 25.5 Å². The number of halogens is 3. The van der Waals surface area contributed by atoms with E-state index < -0.39 is 5.82 Å². The van der Waals surface area contributed by atoms with Crippen LogP contribution in [0.15, 0.2) is 42.5 Å². The molecule has 0 spiro atoms. The Hall–Kier alpha value is -2.34. The first-order valence-electron chi connectivity index (χ1n) is 8.40. The summed E-state index contributed by atoms with van der Waals surface area (Å²) in [5.41, 5.74) is 0.663. The van der Waals surface area contributed by atoms with Crippen molar-refractivity contribution in [3.05, 3.63) is 64.7 Å². The minimum Gasteiger partial charge on any atom is -0.490 e. The molecular weight excluding hydrogens is 362 g/mol. The molecule has 2 aromatic carbocycles. The van der Waals surface area contributed by atoms with Crippen LogP contribution < -0.4 is 10.1 Å². The molecule has 26 heavy (non-hydrogen) atoms. The van der Waals surface area contributed by atoms with E-state index in [1.807, 2.05) is 0 Å². The Bertz CT molecular complexity index is 763. The average Bonchev–Trinajstić information content (AvgIpc) is 2.63. The minimum atomic E-state index is -0.409. The van der Waals surface area contributed by atoms with Gasteiger partial charge in [-0.2, -0.15) is 0 Å². The molecule has 3 rings (SSSR count). The number of rotatable bonds is 4. The van der Waals surface area contributed by atoms with Gasteiger partial charge in [-0.15, -0.1) is 0 Å². The third kappa shape index (κ3) is 4.85.